The molecule has 1 N–H and O–H groups in total. The molecule has 1 aromatic rings. The number of aliphatic hydroxyl groups excluding tert-OH is 1. The van der Waals surface area contributed by atoms with Gasteiger partial charge in [-0.15, -0.1) is 11.3 Å². The van der Waals surface area contributed by atoms with Crippen molar-refractivity contribution in [1.29, 1.82) is 0 Å². The molecule has 2 nitrogen and oxygen atoms in total. The molecule has 1 saturated heterocycles. The summed E-state index contributed by atoms with van der Waals surface area (Å²) in [6, 6.07) is 4.10. The quantitative estimate of drug-likeness (QED) is 0.873. The summed E-state index contributed by atoms with van der Waals surface area (Å²) >= 11 is 1.69. The zero-order valence-corrected chi connectivity index (χ0v) is 10.6. The maximum atomic E-state index is 10.0. The Morgan fingerprint density at radius 3 is 3.00 bits per heavy atom. The van der Waals surface area contributed by atoms with Gasteiger partial charge in [0.1, 0.15) is 0 Å². The van der Waals surface area contributed by atoms with E-state index >= 15 is 0 Å². The summed E-state index contributed by atoms with van der Waals surface area (Å²) in [6.07, 6.45) is 5.52. The van der Waals surface area contributed by atoms with Crippen LogP contribution in [-0.4, -0.2) is 17.8 Å². The average molecular weight is 240 g/mol. The van der Waals surface area contributed by atoms with Gasteiger partial charge in [-0.05, 0) is 51.2 Å². The van der Waals surface area contributed by atoms with Gasteiger partial charge in [0.15, 0.2) is 0 Å². The van der Waals surface area contributed by atoms with E-state index in [1.54, 1.807) is 11.3 Å². The lowest BCUT2D eigenvalue weighted by atomic mass is 10.0. The van der Waals surface area contributed by atoms with Crippen molar-refractivity contribution in [3.8, 4) is 0 Å². The molecule has 2 heterocycles. The third-order valence-corrected chi connectivity index (χ3v) is 4.23. The van der Waals surface area contributed by atoms with E-state index in [0.717, 1.165) is 30.7 Å². The van der Waals surface area contributed by atoms with Gasteiger partial charge in [-0.25, -0.2) is 0 Å². The van der Waals surface area contributed by atoms with Crippen LogP contribution in [-0.2, 0) is 4.74 Å². The Bertz CT molecular complexity index is 315. The zero-order chi connectivity index (χ0) is 11.4. The lowest BCUT2D eigenvalue weighted by Gasteiger charge is -2.23. The standard InChI is InChI=1S/C13H20O2S/c1-10-5-8-13(16-10)12(14)7-6-11-4-2-3-9-15-11/h5,8,11-12,14H,2-4,6-7,9H2,1H3. The van der Waals surface area contributed by atoms with Crippen molar-refractivity contribution >= 4 is 11.3 Å². The fourth-order valence-corrected chi connectivity index (χ4v) is 3.05. The number of aliphatic hydroxyl groups is 1. The van der Waals surface area contributed by atoms with Crippen molar-refractivity contribution < 1.29 is 9.84 Å². The lowest BCUT2D eigenvalue weighted by Crippen LogP contribution is -2.19. The Morgan fingerprint density at radius 2 is 2.38 bits per heavy atom. The van der Waals surface area contributed by atoms with Crippen molar-refractivity contribution in [2.45, 2.75) is 51.2 Å². The summed E-state index contributed by atoms with van der Waals surface area (Å²) in [5.41, 5.74) is 0. The summed E-state index contributed by atoms with van der Waals surface area (Å²) in [6.45, 7) is 2.98. The zero-order valence-electron chi connectivity index (χ0n) is 9.82. The summed E-state index contributed by atoms with van der Waals surface area (Å²) in [7, 11) is 0. The van der Waals surface area contributed by atoms with Gasteiger partial charge in [0.05, 0.1) is 12.2 Å². The molecule has 0 aliphatic carbocycles. The second-order valence-electron chi connectivity index (χ2n) is 4.53. The predicted octanol–water partition coefficient (Wildman–Crippen LogP) is 3.44. The van der Waals surface area contributed by atoms with Crippen LogP contribution < -0.4 is 0 Å². The maximum Gasteiger partial charge on any atom is 0.0883 e. The molecule has 1 aliphatic rings. The minimum atomic E-state index is -0.302. The van der Waals surface area contributed by atoms with Gasteiger partial charge in [-0.2, -0.15) is 0 Å². The van der Waals surface area contributed by atoms with E-state index in [1.807, 2.05) is 6.07 Å². The van der Waals surface area contributed by atoms with Crippen molar-refractivity contribution in [2.75, 3.05) is 6.61 Å². The average Bonchev–Trinajstić information content (AvgIpc) is 2.74. The number of thiophene rings is 1. The first kappa shape index (κ1) is 12.1. The van der Waals surface area contributed by atoms with Crippen LogP contribution in [0.15, 0.2) is 12.1 Å². The minimum absolute atomic E-state index is 0.302. The van der Waals surface area contributed by atoms with E-state index in [-0.39, 0.29) is 6.10 Å². The fourth-order valence-electron chi connectivity index (χ4n) is 2.15. The van der Waals surface area contributed by atoms with E-state index in [1.165, 1.54) is 17.7 Å². The molecule has 16 heavy (non-hydrogen) atoms. The second-order valence-corrected chi connectivity index (χ2v) is 5.85. The van der Waals surface area contributed by atoms with Crippen molar-refractivity contribution in [2.24, 2.45) is 0 Å². The molecule has 0 amide bonds. The Labute approximate surface area is 101 Å². The normalized spacial score (nSPS) is 23.2. The largest absolute Gasteiger partial charge is 0.388 e. The molecule has 0 radical (unpaired) electrons. The third kappa shape index (κ3) is 3.30. The number of aryl methyl sites for hydroxylation is 1. The predicted molar refractivity (Wildman–Crippen MR) is 66.8 cm³/mol. The molecule has 0 aromatic carbocycles. The van der Waals surface area contributed by atoms with Crippen LogP contribution in [0.25, 0.3) is 0 Å². The van der Waals surface area contributed by atoms with Crippen molar-refractivity contribution in [3.05, 3.63) is 21.9 Å². The Balaban J connectivity index is 1.76. The van der Waals surface area contributed by atoms with Gasteiger partial charge in [-0.3, -0.25) is 0 Å². The molecule has 0 spiro atoms. The Kier molecular flexibility index (Phi) is 4.38. The number of ether oxygens (including phenoxy) is 1. The monoisotopic (exact) mass is 240 g/mol. The van der Waals surface area contributed by atoms with Gasteiger partial charge in [0.25, 0.3) is 0 Å². The van der Waals surface area contributed by atoms with Crippen LogP contribution in [0.3, 0.4) is 0 Å². The fraction of sp³-hybridized carbons (Fsp3) is 0.692. The van der Waals surface area contributed by atoms with Crippen molar-refractivity contribution in [1.82, 2.24) is 0 Å². The topological polar surface area (TPSA) is 29.5 Å². The summed E-state index contributed by atoms with van der Waals surface area (Å²) < 4.78 is 5.66. The van der Waals surface area contributed by atoms with Crippen LogP contribution in [0.5, 0.6) is 0 Å². The first-order chi connectivity index (χ1) is 7.75. The Hall–Kier alpha value is -0.380. The van der Waals surface area contributed by atoms with E-state index in [9.17, 15) is 5.11 Å². The van der Waals surface area contributed by atoms with E-state index in [0.29, 0.717) is 6.10 Å². The molecule has 1 aliphatic heterocycles. The molecular weight excluding hydrogens is 220 g/mol. The number of rotatable bonds is 4. The smallest absolute Gasteiger partial charge is 0.0883 e. The van der Waals surface area contributed by atoms with E-state index in [2.05, 4.69) is 13.0 Å². The first-order valence-electron chi connectivity index (χ1n) is 6.11. The summed E-state index contributed by atoms with van der Waals surface area (Å²) in [5, 5.41) is 10.0. The van der Waals surface area contributed by atoms with Gasteiger partial charge in [0.2, 0.25) is 0 Å². The van der Waals surface area contributed by atoms with Crippen LogP contribution in [0.2, 0.25) is 0 Å². The molecule has 1 fully saturated rings. The highest BCUT2D eigenvalue weighted by atomic mass is 32.1. The SMILES string of the molecule is Cc1ccc(C(O)CCC2CCCCO2)s1. The van der Waals surface area contributed by atoms with Gasteiger partial charge in [0, 0.05) is 16.4 Å². The minimum Gasteiger partial charge on any atom is -0.388 e. The molecule has 2 unspecified atom stereocenters. The van der Waals surface area contributed by atoms with Gasteiger partial charge in [-0.1, -0.05) is 0 Å². The maximum absolute atomic E-state index is 10.0. The van der Waals surface area contributed by atoms with Crippen LogP contribution >= 0.6 is 11.3 Å². The molecule has 2 atom stereocenters. The summed E-state index contributed by atoms with van der Waals surface area (Å²) in [5.74, 6) is 0. The molecule has 0 saturated carbocycles. The molecular formula is C13H20O2S. The first-order valence-corrected chi connectivity index (χ1v) is 6.93. The number of hydrogen-bond donors (Lipinski definition) is 1. The van der Waals surface area contributed by atoms with Crippen LogP contribution in [0.1, 0.15) is 48.0 Å². The Morgan fingerprint density at radius 1 is 1.50 bits per heavy atom. The lowest BCUT2D eigenvalue weighted by molar-refractivity contribution is 0.00236. The molecule has 3 heteroatoms. The van der Waals surface area contributed by atoms with E-state index in [4.69, 9.17) is 4.74 Å². The number of hydrogen-bond acceptors (Lipinski definition) is 3. The van der Waals surface area contributed by atoms with Crippen molar-refractivity contribution in [3.63, 3.8) is 0 Å². The van der Waals surface area contributed by atoms with Crippen LogP contribution in [0, 0.1) is 6.92 Å². The van der Waals surface area contributed by atoms with Gasteiger partial charge < -0.3 is 9.84 Å². The molecule has 2 rings (SSSR count). The van der Waals surface area contributed by atoms with Crippen LogP contribution in [0.4, 0.5) is 0 Å². The molecule has 1 aromatic heterocycles. The highest BCUT2D eigenvalue weighted by Crippen LogP contribution is 2.28. The second kappa shape index (κ2) is 5.80. The highest BCUT2D eigenvalue weighted by Gasteiger charge is 2.17. The van der Waals surface area contributed by atoms with E-state index < -0.39 is 0 Å². The summed E-state index contributed by atoms with van der Waals surface area (Å²) in [4.78, 5) is 2.36. The molecule has 90 valence electrons. The molecule has 0 bridgehead atoms. The van der Waals surface area contributed by atoms with Gasteiger partial charge >= 0.3 is 0 Å². The third-order valence-electron chi connectivity index (χ3n) is 3.13. The highest BCUT2D eigenvalue weighted by molar-refractivity contribution is 7.11.